The van der Waals surface area contributed by atoms with Crippen LogP contribution in [0.2, 0.25) is 0 Å². The van der Waals surface area contributed by atoms with E-state index in [0.717, 1.165) is 5.56 Å². The fourth-order valence-electron chi connectivity index (χ4n) is 2.24. The van der Waals surface area contributed by atoms with E-state index < -0.39 is 11.9 Å². The van der Waals surface area contributed by atoms with Gasteiger partial charge < -0.3 is 15.2 Å². The molecule has 0 radical (unpaired) electrons. The lowest BCUT2D eigenvalue weighted by atomic mass is 10.0. The molecule has 0 aliphatic heterocycles. The summed E-state index contributed by atoms with van der Waals surface area (Å²) in [5.41, 5.74) is 2.34. The first-order chi connectivity index (χ1) is 12.4. The fourth-order valence-corrected chi connectivity index (χ4v) is 2.45. The van der Waals surface area contributed by atoms with Crippen LogP contribution in [0, 0.1) is 0 Å². The summed E-state index contributed by atoms with van der Waals surface area (Å²) in [4.78, 5) is 23.0. The molecule has 0 saturated carbocycles. The molecule has 6 heteroatoms. The number of carbonyl (C=O) groups excluding carboxylic acids is 2. The van der Waals surface area contributed by atoms with Gasteiger partial charge in [-0.25, -0.2) is 0 Å². The molecule has 0 spiro atoms. The predicted octanol–water partition coefficient (Wildman–Crippen LogP) is 2.70. The summed E-state index contributed by atoms with van der Waals surface area (Å²) in [7, 11) is 0. The number of amides is 1. The molecule has 2 N–H and O–H groups in total. The first kappa shape index (κ1) is 19.3. The highest BCUT2D eigenvalue weighted by Gasteiger charge is 2.06. The largest absolute Gasteiger partial charge is 0.545 e. The summed E-state index contributed by atoms with van der Waals surface area (Å²) in [5.74, 6) is -1.29. The van der Waals surface area contributed by atoms with Crippen LogP contribution < -0.4 is 15.7 Å². The van der Waals surface area contributed by atoms with Crippen LogP contribution in [-0.2, 0) is 4.79 Å². The number of aromatic carboxylic acids is 1. The number of rotatable bonds is 5. The van der Waals surface area contributed by atoms with Crippen molar-refractivity contribution in [3.8, 4) is 0 Å². The molecule has 0 unspecified atom stereocenters. The first-order valence-corrected chi connectivity index (χ1v) is 8.48. The number of carboxylic acid groups (broad SMARTS) is 1. The summed E-state index contributed by atoms with van der Waals surface area (Å²) in [5, 5.41) is 16.2. The van der Waals surface area contributed by atoms with Crippen molar-refractivity contribution < 1.29 is 14.7 Å². The molecule has 2 aromatic rings. The maximum absolute atomic E-state index is 12.0. The number of thiocarbonyl (C=S) groups is 1. The van der Waals surface area contributed by atoms with Crippen molar-refractivity contribution in [2.75, 3.05) is 5.32 Å². The lowest BCUT2D eigenvalue weighted by Gasteiger charge is -2.13. The number of hydrogen-bond donors (Lipinski definition) is 2. The molecule has 5 nitrogen and oxygen atoms in total. The van der Waals surface area contributed by atoms with Gasteiger partial charge in [-0.2, -0.15) is 0 Å². The molecule has 0 fully saturated rings. The van der Waals surface area contributed by atoms with E-state index >= 15 is 0 Å². The first-order valence-electron chi connectivity index (χ1n) is 8.07. The minimum atomic E-state index is -1.33. The Morgan fingerprint density at radius 1 is 1.08 bits per heavy atom. The Balaban J connectivity index is 1.95. The van der Waals surface area contributed by atoms with Gasteiger partial charge in [0, 0.05) is 17.3 Å². The molecule has 0 bridgehead atoms. The smallest absolute Gasteiger partial charge is 0.250 e. The van der Waals surface area contributed by atoms with E-state index in [2.05, 4.69) is 24.5 Å². The van der Waals surface area contributed by atoms with E-state index in [4.69, 9.17) is 12.2 Å². The van der Waals surface area contributed by atoms with Gasteiger partial charge in [0.05, 0.1) is 5.97 Å². The average molecular weight is 367 g/mol. The molecule has 0 heterocycles. The topological polar surface area (TPSA) is 81.3 Å². The van der Waals surface area contributed by atoms with E-state index in [9.17, 15) is 14.7 Å². The van der Waals surface area contributed by atoms with Crippen LogP contribution in [0.5, 0.6) is 0 Å². The number of anilines is 1. The second kappa shape index (κ2) is 8.92. The van der Waals surface area contributed by atoms with Crippen molar-refractivity contribution in [2.24, 2.45) is 0 Å². The minimum Gasteiger partial charge on any atom is -0.545 e. The number of carboxylic acids is 1. The Bertz CT molecular complexity index is 842. The summed E-state index contributed by atoms with van der Waals surface area (Å²) < 4.78 is 0. The molecule has 0 atom stereocenters. The molecule has 26 heavy (non-hydrogen) atoms. The van der Waals surface area contributed by atoms with Gasteiger partial charge in [0.2, 0.25) is 5.91 Å². The van der Waals surface area contributed by atoms with E-state index in [0.29, 0.717) is 5.92 Å². The van der Waals surface area contributed by atoms with E-state index in [-0.39, 0.29) is 16.4 Å². The van der Waals surface area contributed by atoms with Gasteiger partial charge in [-0.3, -0.25) is 10.1 Å². The summed E-state index contributed by atoms with van der Waals surface area (Å²) in [6.45, 7) is 4.23. The number of benzene rings is 2. The van der Waals surface area contributed by atoms with Crippen molar-refractivity contribution >= 4 is 41.0 Å². The molecule has 2 rings (SSSR count). The van der Waals surface area contributed by atoms with Crippen molar-refractivity contribution in [3.05, 3.63) is 71.3 Å². The quantitative estimate of drug-likeness (QED) is 0.627. The maximum Gasteiger partial charge on any atom is 0.250 e. The normalized spacial score (nSPS) is 10.7. The zero-order valence-corrected chi connectivity index (χ0v) is 15.3. The molecule has 134 valence electrons. The Morgan fingerprint density at radius 2 is 1.73 bits per heavy atom. The highest BCUT2D eigenvalue weighted by molar-refractivity contribution is 7.80. The van der Waals surface area contributed by atoms with Crippen LogP contribution in [0.15, 0.2) is 54.6 Å². The van der Waals surface area contributed by atoms with Gasteiger partial charge in [0.15, 0.2) is 5.11 Å². The predicted molar refractivity (Wildman–Crippen MR) is 105 cm³/mol. The Labute approximate surface area is 157 Å². The summed E-state index contributed by atoms with van der Waals surface area (Å²) in [6, 6.07) is 14.1. The molecule has 0 saturated heterocycles. The number of carbonyl (C=O) groups is 2. The zero-order chi connectivity index (χ0) is 19.1. The maximum atomic E-state index is 12.0. The zero-order valence-electron chi connectivity index (χ0n) is 14.5. The van der Waals surface area contributed by atoms with E-state index in [1.807, 2.05) is 24.3 Å². The molecular weight excluding hydrogens is 348 g/mol. The highest BCUT2D eigenvalue weighted by atomic mass is 32.1. The Hall–Kier alpha value is -2.99. The van der Waals surface area contributed by atoms with Crippen molar-refractivity contribution in [1.82, 2.24) is 5.32 Å². The monoisotopic (exact) mass is 367 g/mol. The number of nitrogens with one attached hydrogen (secondary N) is 2. The third-order valence-electron chi connectivity index (χ3n) is 3.66. The van der Waals surface area contributed by atoms with Crippen LogP contribution in [0.25, 0.3) is 6.08 Å². The lowest BCUT2D eigenvalue weighted by Crippen LogP contribution is -2.34. The van der Waals surface area contributed by atoms with Crippen LogP contribution in [0.4, 0.5) is 5.69 Å². The van der Waals surface area contributed by atoms with Crippen molar-refractivity contribution in [3.63, 3.8) is 0 Å². The van der Waals surface area contributed by atoms with Crippen LogP contribution in [0.3, 0.4) is 0 Å². The molecule has 1 amide bonds. The minimum absolute atomic E-state index is 0.00325. The second-order valence-electron chi connectivity index (χ2n) is 5.93. The lowest BCUT2D eigenvalue weighted by molar-refractivity contribution is -0.254. The molecular formula is C20H19N2O3S-. The molecule has 2 aromatic carbocycles. The summed E-state index contributed by atoms with van der Waals surface area (Å²) in [6.07, 6.45) is 3.04. The molecule has 0 aliphatic carbocycles. The molecule has 0 aromatic heterocycles. The second-order valence-corrected chi connectivity index (χ2v) is 6.34. The van der Waals surface area contributed by atoms with Crippen LogP contribution in [0.1, 0.15) is 41.3 Å². The van der Waals surface area contributed by atoms with Crippen molar-refractivity contribution in [2.45, 2.75) is 19.8 Å². The van der Waals surface area contributed by atoms with Gasteiger partial charge in [-0.05, 0) is 41.4 Å². The standard InChI is InChI=1S/C20H20N2O3S/c1-13(2)15-10-7-14(8-11-15)9-12-18(23)22-20(26)21-17-6-4-3-5-16(17)19(24)25/h3-13H,1-2H3,(H,24,25)(H2,21,22,23,26)/p-1/b12-9+. The third-order valence-corrected chi connectivity index (χ3v) is 3.87. The van der Waals surface area contributed by atoms with Gasteiger partial charge in [-0.1, -0.05) is 56.3 Å². The van der Waals surface area contributed by atoms with Gasteiger partial charge in [0.25, 0.3) is 0 Å². The van der Waals surface area contributed by atoms with Crippen LogP contribution >= 0.6 is 12.2 Å². The average Bonchev–Trinajstić information content (AvgIpc) is 2.60. The van der Waals surface area contributed by atoms with Gasteiger partial charge in [-0.15, -0.1) is 0 Å². The van der Waals surface area contributed by atoms with Crippen molar-refractivity contribution in [1.29, 1.82) is 0 Å². The SMILES string of the molecule is CC(C)c1ccc(/C=C/C(=O)NC(=S)Nc2ccccc2C(=O)[O-])cc1. The Morgan fingerprint density at radius 3 is 2.35 bits per heavy atom. The van der Waals surface area contributed by atoms with E-state index in [1.54, 1.807) is 18.2 Å². The van der Waals surface area contributed by atoms with E-state index in [1.165, 1.54) is 23.8 Å². The van der Waals surface area contributed by atoms with Crippen LogP contribution in [-0.4, -0.2) is 17.0 Å². The number of para-hydroxylation sites is 1. The number of hydrogen-bond acceptors (Lipinski definition) is 4. The highest BCUT2D eigenvalue weighted by Crippen LogP contribution is 2.15. The molecule has 0 aliphatic rings. The Kier molecular flexibility index (Phi) is 6.63. The van der Waals surface area contributed by atoms with Gasteiger partial charge >= 0.3 is 0 Å². The third kappa shape index (κ3) is 5.53. The summed E-state index contributed by atoms with van der Waals surface area (Å²) >= 11 is 5.04. The fraction of sp³-hybridized carbons (Fsp3) is 0.150. The van der Waals surface area contributed by atoms with Gasteiger partial charge in [0.1, 0.15) is 0 Å².